The predicted molar refractivity (Wildman–Crippen MR) is 149 cm³/mol. The molecule has 3 fully saturated rings. The zero-order valence-corrected chi connectivity index (χ0v) is 23.6. The number of halogens is 1. The summed E-state index contributed by atoms with van der Waals surface area (Å²) < 4.78 is 12.4. The summed E-state index contributed by atoms with van der Waals surface area (Å²) >= 11 is 6.59. The van der Waals surface area contributed by atoms with E-state index < -0.39 is 35.0 Å². The number of aryl methyl sites for hydroxylation is 1. The van der Waals surface area contributed by atoms with Crippen molar-refractivity contribution in [2.45, 2.75) is 69.6 Å². The number of nitrogens with zero attached hydrogens (tertiary/aromatic N) is 2. The Kier molecular flexibility index (Phi) is 8.88. The number of unbranched alkanes of at least 4 members (excludes halogenated alkanes) is 1. The highest BCUT2D eigenvalue weighted by atomic mass is 35.5. The Labute approximate surface area is 235 Å². The Balaban J connectivity index is 1.78. The fourth-order valence-electron chi connectivity index (χ4n) is 6.86. The van der Waals surface area contributed by atoms with Gasteiger partial charge in [-0.3, -0.25) is 14.4 Å². The van der Waals surface area contributed by atoms with E-state index in [1.54, 1.807) is 23.1 Å². The van der Waals surface area contributed by atoms with Crippen LogP contribution in [0.1, 0.15) is 51.0 Å². The second-order valence-electron chi connectivity index (χ2n) is 10.7. The molecule has 2 unspecified atom stereocenters. The van der Waals surface area contributed by atoms with Crippen LogP contribution in [0.15, 0.2) is 43.5 Å². The summed E-state index contributed by atoms with van der Waals surface area (Å²) in [7, 11) is 0. The second-order valence-corrected chi connectivity index (χ2v) is 11.1. The molecule has 3 aliphatic rings. The van der Waals surface area contributed by atoms with Gasteiger partial charge in [0.1, 0.15) is 17.6 Å². The number of para-hydroxylation sites is 1. The molecule has 4 rings (SSSR count). The van der Waals surface area contributed by atoms with E-state index in [4.69, 9.17) is 21.1 Å². The van der Waals surface area contributed by atoms with Gasteiger partial charge in [0, 0.05) is 19.7 Å². The Bertz CT molecular complexity index is 1120. The minimum atomic E-state index is -1.18. The summed E-state index contributed by atoms with van der Waals surface area (Å²) in [6.45, 7) is 11.8. The van der Waals surface area contributed by atoms with E-state index in [0.29, 0.717) is 49.2 Å². The third kappa shape index (κ3) is 4.81. The summed E-state index contributed by atoms with van der Waals surface area (Å²) in [5.41, 5.74) is -0.699. The van der Waals surface area contributed by atoms with Crippen molar-refractivity contribution in [2.24, 2.45) is 11.8 Å². The first-order valence-corrected chi connectivity index (χ1v) is 14.2. The topological polar surface area (TPSA) is 96.4 Å². The van der Waals surface area contributed by atoms with Gasteiger partial charge < -0.3 is 24.4 Å². The molecular weight excluding hydrogens is 520 g/mol. The molecule has 5 atom stereocenters. The maximum Gasteiger partial charge on any atom is 0.312 e. The van der Waals surface area contributed by atoms with E-state index in [1.165, 1.54) is 4.90 Å². The number of ether oxygens (including phenoxy) is 2. The highest BCUT2D eigenvalue weighted by Gasteiger charge is 2.79. The van der Waals surface area contributed by atoms with E-state index in [9.17, 15) is 19.5 Å². The van der Waals surface area contributed by atoms with Gasteiger partial charge in [-0.2, -0.15) is 0 Å². The molecular formula is C30H39ClN2O6. The molecule has 3 aliphatic heterocycles. The van der Waals surface area contributed by atoms with Crippen molar-refractivity contribution in [3.63, 3.8) is 0 Å². The number of aliphatic hydroxyl groups excluding tert-OH is 1. The minimum Gasteiger partial charge on any atom is -0.465 e. The maximum atomic E-state index is 14.6. The number of hydrogen-bond acceptors (Lipinski definition) is 6. The van der Waals surface area contributed by atoms with E-state index in [-0.39, 0.29) is 38.1 Å². The molecule has 0 radical (unpaired) electrons. The Morgan fingerprint density at radius 2 is 2.05 bits per heavy atom. The number of esters is 1. The first kappa shape index (κ1) is 29.3. The van der Waals surface area contributed by atoms with Gasteiger partial charge in [0.25, 0.3) is 5.91 Å². The van der Waals surface area contributed by atoms with Crippen LogP contribution in [-0.4, -0.2) is 71.3 Å². The van der Waals surface area contributed by atoms with E-state index in [0.717, 1.165) is 5.56 Å². The fraction of sp³-hybridized carbons (Fsp3) is 0.567. The molecule has 1 aromatic carbocycles. The number of fused-ring (bicyclic) bond motifs is 1. The number of carbonyl (C=O) groups excluding carboxylic acids is 3. The summed E-state index contributed by atoms with van der Waals surface area (Å²) in [6, 6.07) is 4.43. The van der Waals surface area contributed by atoms with Gasteiger partial charge in [0.2, 0.25) is 5.91 Å². The van der Waals surface area contributed by atoms with E-state index in [2.05, 4.69) is 13.2 Å². The molecule has 3 heterocycles. The molecule has 2 bridgehead atoms. The summed E-state index contributed by atoms with van der Waals surface area (Å²) in [6.07, 6.45) is 6.56. The molecule has 1 N–H and O–H groups in total. The van der Waals surface area contributed by atoms with Crippen molar-refractivity contribution in [1.29, 1.82) is 0 Å². The van der Waals surface area contributed by atoms with Crippen LogP contribution in [0.3, 0.4) is 0 Å². The first-order valence-electron chi connectivity index (χ1n) is 13.8. The predicted octanol–water partition coefficient (Wildman–Crippen LogP) is 4.21. The van der Waals surface area contributed by atoms with Crippen LogP contribution < -0.4 is 4.90 Å². The van der Waals surface area contributed by atoms with Crippen molar-refractivity contribution in [1.82, 2.24) is 4.90 Å². The van der Waals surface area contributed by atoms with Crippen LogP contribution in [0.25, 0.3) is 0 Å². The number of likely N-dealkylation sites (tertiary alicyclic amines) is 1. The lowest BCUT2D eigenvalue weighted by Gasteiger charge is -2.37. The van der Waals surface area contributed by atoms with Gasteiger partial charge in [0.15, 0.2) is 0 Å². The van der Waals surface area contributed by atoms with Crippen LogP contribution in [0.4, 0.5) is 5.69 Å². The second kappa shape index (κ2) is 11.8. The van der Waals surface area contributed by atoms with Crippen LogP contribution in [0.2, 0.25) is 5.02 Å². The molecule has 2 amide bonds. The molecule has 0 aromatic heterocycles. The number of rotatable bonds is 13. The van der Waals surface area contributed by atoms with Gasteiger partial charge in [-0.25, -0.2) is 0 Å². The molecule has 0 aliphatic carbocycles. The van der Waals surface area contributed by atoms with Crippen LogP contribution in [0.5, 0.6) is 0 Å². The number of carbonyl (C=O) groups is 3. The van der Waals surface area contributed by atoms with Gasteiger partial charge in [-0.1, -0.05) is 42.8 Å². The van der Waals surface area contributed by atoms with Gasteiger partial charge >= 0.3 is 5.97 Å². The van der Waals surface area contributed by atoms with Crippen molar-refractivity contribution < 1.29 is 29.0 Å². The zero-order chi connectivity index (χ0) is 28.4. The monoisotopic (exact) mass is 558 g/mol. The van der Waals surface area contributed by atoms with Gasteiger partial charge in [0.05, 0.1) is 28.8 Å². The minimum absolute atomic E-state index is 0.142. The average molecular weight is 559 g/mol. The zero-order valence-electron chi connectivity index (χ0n) is 22.9. The number of allylic oxidation sites excluding steroid dienone is 1. The molecule has 212 valence electrons. The van der Waals surface area contributed by atoms with Crippen molar-refractivity contribution in [2.75, 3.05) is 31.2 Å². The molecule has 0 saturated carbocycles. The van der Waals surface area contributed by atoms with Crippen molar-refractivity contribution in [3.8, 4) is 0 Å². The third-order valence-corrected chi connectivity index (χ3v) is 8.86. The Morgan fingerprint density at radius 1 is 1.28 bits per heavy atom. The first-order chi connectivity index (χ1) is 18.7. The lowest BCUT2D eigenvalue weighted by Crippen LogP contribution is -2.56. The normalized spacial score (nSPS) is 28.9. The number of hydrogen-bond donors (Lipinski definition) is 1. The quantitative estimate of drug-likeness (QED) is 0.221. The number of aliphatic hydroxyl groups is 1. The summed E-state index contributed by atoms with van der Waals surface area (Å²) in [4.78, 5) is 45.3. The molecule has 8 nitrogen and oxygen atoms in total. The summed E-state index contributed by atoms with van der Waals surface area (Å²) in [5.74, 6) is -2.76. The molecule has 9 heteroatoms. The lowest BCUT2D eigenvalue weighted by molar-refractivity contribution is -0.161. The standard InChI is InChI=1S/C30H39ClN2O6/c1-5-8-9-19-38-28(37)23-22-26(35)33(17-11-18-34)25(30(22)15-14-29(23,7-3)39-30)27(36)32(16-6-2)24-20(4)12-10-13-21(24)31/h5-6,10,12-13,22-23,25,34H,1-2,7-9,11,14-19H2,3-4H3/t22-,23-,25?,29+,30?/m0/s1. The van der Waals surface area contributed by atoms with Gasteiger partial charge in [-0.15, -0.1) is 13.2 Å². The van der Waals surface area contributed by atoms with Crippen LogP contribution in [0, 0.1) is 18.8 Å². The average Bonchev–Trinajstić information content (AvgIpc) is 3.52. The van der Waals surface area contributed by atoms with E-state index in [1.807, 2.05) is 26.0 Å². The van der Waals surface area contributed by atoms with Crippen LogP contribution in [-0.2, 0) is 23.9 Å². The fourth-order valence-corrected chi connectivity index (χ4v) is 7.18. The number of benzene rings is 1. The molecule has 39 heavy (non-hydrogen) atoms. The number of anilines is 1. The molecule has 1 spiro atoms. The highest BCUT2D eigenvalue weighted by molar-refractivity contribution is 6.34. The van der Waals surface area contributed by atoms with Crippen LogP contribution >= 0.6 is 11.6 Å². The largest absolute Gasteiger partial charge is 0.465 e. The molecule has 1 aromatic rings. The van der Waals surface area contributed by atoms with Crippen molar-refractivity contribution >= 4 is 35.1 Å². The van der Waals surface area contributed by atoms with Crippen molar-refractivity contribution in [3.05, 3.63) is 54.1 Å². The summed E-state index contributed by atoms with van der Waals surface area (Å²) in [5, 5.41) is 10.0. The molecule has 3 saturated heterocycles. The lowest BCUT2D eigenvalue weighted by atomic mass is 9.65. The Hall–Kier alpha value is -2.68. The Morgan fingerprint density at radius 3 is 2.69 bits per heavy atom. The van der Waals surface area contributed by atoms with E-state index >= 15 is 0 Å². The third-order valence-electron chi connectivity index (χ3n) is 8.56. The number of amides is 2. The van der Waals surface area contributed by atoms with Gasteiger partial charge in [-0.05, 0) is 57.1 Å². The highest BCUT2D eigenvalue weighted by Crippen LogP contribution is 2.64. The maximum absolute atomic E-state index is 14.6. The smallest absolute Gasteiger partial charge is 0.312 e. The SMILES string of the molecule is C=CCCCOC(=O)[C@@H]1[C@H]2C(=O)N(CCCO)C(C(=O)N(CC=C)c3c(C)cccc3Cl)C23CC[C@@]1(CC)O3.